The number of aliphatic hydroxyl groups excluding tert-OH is 2. The second kappa shape index (κ2) is 19.5. The molecule has 17 nitrogen and oxygen atoms in total. The molecule has 3 aromatic heterocycles. The highest BCUT2D eigenvalue weighted by Crippen LogP contribution is 2.33. The van der Waals surface area contributed by atoms with Gasteiger partial charge in [-0.15, -0.1) is 0 Å². The number of amides is 2. The summed E-state index contributed by atoms with van der Waals surface area (Å²) in [7, 11) is 3.04. The average Bonchev–Trinajstić information content (AvgIpc) is 3.97. The van der Waals surface area contributed by atoms with Crippen molar-refractivity contribution in [1.82, 2.24) is 35.2 Å². The molecule has 0 unspecified atom stereocenters. The SMILES string of the molecule is COc1ccc(CNc2nc(N3CCC[C@H]3CO)ncc2C(=O)N(Cc2ccc(OC)c(Cl)c2)c2nc(N3CCC[C@@H]3CO)ncc2C(=O)NCc2ncccn2)cc1Cl. The van der Waals surface area contributed by atoms with Gasteiger partial charge in [0.1, 0.15) is 34.3 Å². The van der Waals surface area contributed by atoms with E-state index < -0.39 is 11.8 Å². The van der Waals surface area contributed by atoms with Crippen molar-refractivity contribution in [3.63, 3.8) is 0 Å². The van der Waals surface area contributed by atoms with E-state index in [1.807, 2.05) is 15.9 Å². The normalized spacial score (nSPS) is 16.2. The number of anilines is 4. The quantitative estimate of drug-likeness (QED) is 0.106. The largest absolute Gasteiger partial charge is 0.495 e. The second-order valence-electron chi connectivity index (χ2n) is 14.2. The van der Waals surface area contributed by atoms with E-state index in [-0.39, 0.29) is 73.6 Å². The number of nitrogens with zero attached hydrogens (tertiary/aromatic N) is 9. The fraction of sp³-hybridized carbons (Fsp3) is 0.366. The van der Waals surface area contributed by atoms with Gasteiger partial charge in [0.15, 0.2) is 5.82 Å². The first-order chi connectivity index (χ1) is 29.2. The highest BCUT2D eigenvalue weighted by molar-refractivity contribution is 6.32. The molecule has 7 rings (SSSR count). The lowest BCUT2D eigenvalue weighted by atomic mass is 10.1. The van der Waals surface area contributed by atoms with Crippen LogP contribution in [-0.2, 0) is 19.6 Å². The van der Waals surface area contributed by atoms with Crippen molar-refractivity contribution in [3.8, 4) is 11.5 Å². The molecule has 0 spiro atoms. The molecule has 0 saturated carbocycles. The summed E-state index contributed by atoms with van der Waals surface area (Å²) in [6.45, 7) is 1.07. The third-order valence-electron chi connectivity index (χ3n) is 10.5. The Morgan fingerprint density at radius 3 is 1.98 bits per heavy atom. The lowest BCUT2D eigenvalue weighted by molar-refractivity contribution is 0.0949. The fourth-order valence-corrected chi connectivity index (χ4v) is 7.87. The molecule has 60 heavy (non-hydrogen) atoms. The number of methoxy groups -OCH3 is 2. The summed E-state index contributed by atoms with van der Waals surface area (Å²) >= 11 is 13.1. The van der Waals surface area contributed by atoms with Crippen LogP contribution in [-0.4, -0.2) is 105 Å². The Balaban J connectivity index is 1.35. The number of ether oxygens (including phenoxy) is 2. The van der Waals surface area contributed by atoms with E-state index in [4.69, 9.17) is 42.6 Å². The minimum Gasteiger partial charge on any atom is -0.495 e. The summed E-state index contributed by atoms with van der Waals surface area (Å²) in [5, 5.41) is 27.3. The lowest BCUT2D eigenvalue weighted by Gasteiger charge is -2.28. The summed E-state index contributed by atoms with van der Waals surface area (Å²) in [6.07, 6.45) is 9.07. The van der Waals surface area contributed by atoms with Gasteiger partial charge in [-0.1, -0.05) is 35.3 Å². The summed E-state index contributed by atoms with van der Waals surface area (Å²) in [4.78, 5) is 62.1. The van der Waals surface area contributed by atoms with Crippen LogP contribution in [0.5, 0.6) is 11.5 Å². The standard InChI is InChI=1S/C41H45Cl2N11O6/c1-59-33-10-8-25(16-31(33)42)18-46-36-29(19-48-40(50-36)52-14-3-6-27(52)23-55)39(58)54(22-26-9-11-34(60-2)32(43)17-26)37-30(38(57)47-21-35-44-12-5-13-45-35)20-49-41(51-37)53-15-4-7-28(53)24-56/h5,8-13,16-17,19-20,27-28,55-56H,3-4,6-7,14-15,18,21-24H2,1-2H3,(H,47,57)(H,46,48,50)/t27-,28+/m0/s1. The number of carbonyl (C=O) groups is 2. The minimum atomic E-state index is -0.603. The summed E-state index contributed by atoms with van der Waals surface area (Å²) in [5.74, 6) is 0.897. The number of aliphatic hydroxyl groups is 2. The van der Waals surface area contributed by atoms with Crippen LogP contribution in [0.25, 0.3) is 0 Å². The van der Waals surface area contributed by atoms with Gasteiger partial charge in [0, 0.05) is 44.4 Å². The number of nitrogens with one attached hydrogen (secondary N) is 2. The zero-order valence-electron chi connectivity index (χ0n) is 33.1. The molecule has 5 heterocycles. The molecule has 2 saturated heterocycles. The number of hydrogen-bond acceptors (Lipinski definition) is 15. The maximum Gasteiger partial charge on any atom is 0.265 e. The Bertz CT molecular complexity index is 2310. The van der Waals surface area contributed by atoms with E-state index in [0.717, 1.165) is 24.8 Å². The third-order valence-corrected chi connectivity index (χ3v) is 11.0. The molecular formula is C41H45Cl2N11O6. The van der Waals surface area contributed by atoms with Crippen molar-refractivity contribution >= 4 is 58.5 Å². The van der Waals surface area contributed by atoms with Crippen LogP contribution in [0.3, 0.4) is 0 Å². The topological polar surface area (TPSA) is 204 Å². The second-order valence-corrected chi connectivity index (χ2v) is 15.0. The molecule has 2 aliphatic heterocycles. The van der Waals surface area contributed by atoms with Gasteiger partial charge in [-0.05, 0) is 67.1 Å². The zero-order valence-corrected chi connectivity index (χ0v) is 34.6. The number of halogens is 2. The number of aromatic nitrogens is 6. The first kappa shape index (κ1) is 42.3. The van der Waals surface area contributed by atoms with E-state index in [0.29, 0.717) is 58.4 Å². The molecule has 2 atom stereocenters. The van der Waals surface area contributed by atoms with Gasteiger partial charge in [0.05, 0.1) is 62.7 Å². The Labute approximate surface area is 356 Å². The van der Waals surface area contributed by atoms with Crippen molar-refractivity contribution in [2.24, 2.45) is 0 Å². The van der Waals surface area contributed by atoms with Crippen LogP contribution in [0.4, 0.5) is 23.5 Å². The smallest absolute Gasteiger partial charge is 0.265 e. The van der Waals surface area contributed by atoms with E-state index in [2.05, 4.69) is 30.6 Å². The van der Waals surface area contributed by atoms with Crippen LogP contribution in [0.15, 0.2) is 67.3 Å². The molecule has 2 aliphatic rings. The molecule has 2 fully saturated rings. The Hall–Kier alpha value is -5.88. The van der Waals surface area contributed by atoms with Gasteiger partial charge in [-0.25, -0.2) is 19.9 Å². The predicted octanol–water partition coefficient (Wildman–Crippen LogP) is 4.69. The number of hydrogen-bond donors (Lipinski definition) is 4. The number of rotatable bonds is 16. The van der Waals surface area contributed by atoms with Gasteiger partial charge in [0.2, 0.25) is 11.9 Å². The summed E-state index contributed by atoms with van der Waals surface area (Å²) < 4.78 is 10.7. The Morgan fingerprint density at radius 1 is 0.800 bits per heavy atom. The highest BCUT2D eigenvalue weighted by atomic mass is 35.5. The maximum absolute atomic E-state index is 15.4. The van der Waals surface area contributed by atoms with E-state index >= 15 is 4.79 Å². The first-order valence-electron chi connectivity index (χ1n) is 19.4. The van der Waals surface area contributed by atoms with Gasteiger partial charge in [0.25, 0.3) is 11.8 Å². The maximum atomic E-state index is 15.4. The third kappa shape index (κ3) is 9.44. The highest BCUT2D eigenvalue weighted by Gasteiger charge is 2.33. The van der Waals surface area contributed by atoms with Crippen LogP contribution in [0.1, 0.15) is 63.4 Å². The monoisotopic (exact) mass is 857 g/mol. The molecular weight excluding hydrogens is 813 g/mol. The van der Waals surface area contributed by atoms with E-state index in [9.17, 15) is 15.0 Å². The van der Waals surface area contributed by atoms with Gasteiger partial charge in [-0.2, -0.15) is 9.97 Å². The zero-order chi connectivity index (χ0) is 42.2. The van der Waals surface area contributed by atoms with Crippen LogP contribution in [0, 0.1) is 0 Å². The first-order valence-corrected chi connectivity index (χ1v) is 20.2. The fourth-order valence-electron chi connectivity index (χ4n) is 7.31. The van der Waals surface area contributed by atoms with Crippen LogP contribution in [0.2, 0.25) is 10.0 Å². The number of benzene rings is 2. The van der Waals surface area contributed by atoms with Crippen molar-refractivity contribution < 1.29 is 29.3 Å². The van der Waals surface area contributed by atoms with Crippen molar-refractivity contribution in [2.75, 3.05) is 60.5 Å². The van der Waals surface area contributed by atoms with Gasteiger partial charge in [-0.3, -0.25) is 14.5 Å². The molecule has 19 heteroatoms. The van der Waals surface area contributed by atoms with Crippen molar-refractivity contribution in [2.45, 2.75) is 57.4 Å². The molecule has 0 radical (unpaired) electrons. The van der Waals surface area contributed by atoms with Crippen molar-refractivity contribution in [1.29, 1.82) is 0 Å². The molecule has 0 aliphatic carbocycles. The van der Waals surface area contributed by atoms with E-state index in [1.54, 1.807) is 48.8 Å². The van der Waals surface area contributed by atoms with Crippen LogP contribution >= 0.6 is 23.2 Å². The number of carbonyl (C=O) groups excluding carboxylic acids is 2. The van der Waals surface area contributed by atoms with Gasteiger partial charge >= 0.3 is 0 Å². The van der Waals surface area contributed by atoms with Gasteiger partial charge < -0.3 is 40.1 Å². The molecule has 4 N–H and O–H groups in total. The Morgan fingerprint density at radius 2 is 1.38 bits per heavy atom. The summed E-state index contributed by atoms with van der Waals surface area (Å²) in [5.41, 5.74) is 1.43. The van der Waals surface area contributed by atoms with Crippen LogP contribution < -0.4 is 34.8 Å². The minimum absolute atomic E-state index is 0.00824. The predicted molar refractivity (Wildman–Crippen MR) is 226 cm³/mol. The molecule has 0 bridgehead atoms. The molecule has 2 aromatic carbocycles. The average molecular weight is 859 g/mol. The molecule has 2 amide bonds. The van der Waals surface area contributed by atoms with E-state index in [1.165, 1.54) is 31.5 Å². The summed E-state index contributed by atoms with van der Waals surface area (Å²) in [6, 6.07) is 11.7. The molecule has 5 aromatic rings. The molecule has 314 valence electrons. The lowest BCUT2D eigenvalue weighted by Crippen LogP contribution is -2.38. The Kier molecular flexibility index (Phi) is 13.7. The van der Waals surface area contributed by atoms with Crippen molar-refractivity contribution in [3.05, 3.63) is 105 Å².